The van der Waals surface area contributed by atoms with E-state index in [-0.39, 0.29) is 6.10 Å². The summed E-state index contributed by atoms with van der Waals surface area (Å²) in [6, 6.07) is 0. The Morgan fingerprint density at radius 3 is 2.94 bits per heavy atom. The van der Waals surface area contributed by atoms with Crippen molar-refractivity contribution >= 4 is 17.6 Å². The van der Waals surface area contributed by atoms with Crippen molar-refractivity contribution in [1.82, 2.24) is 0 Å². The zero-order valence-corrected chi connectivity index (χ0v) is 12.5. The summed E-state index contributed by atoms with van der Waals surface area (Å²) in [5.74, 6) is 2.61. The minimum atomic E-state index is -0.248. The van der Waals surface area contributed by atoms with Gasteiger partial charge in [0, 0.05) is 6.42 Å². The maximum Gasteiger partial charge on any atom is 0.0611 e. The van der Waals surface area contributed by atoms with Crippen LogP contribution in [0.1, 0.15) is 52.4 Å². The molecule has 1 N–H and O–H groups in total. The van der Waals surface area contributed by atoms with Gasteiger partial charge in [0.25, 0.3) is 0 Å². The van der Waals surface area contributed by atoms with Gasteiger partial charge in [0.15, 0.2) is 0 Å². The molecule has 2 rings (SSSR count). The Morgan fingerprint density at radius 1 is 1.44 bits per heavy atom. The third-order valence-electron chi connectivity index (χ3n) is 5.16. The summed E-state index contributed by atoms with van der Waals surface area (Å²) in [4.78, 5) is 0. The van der Waals surface area contributed by atoms with Crippen LogP contribution in [0, 0.1) is 23.7 Å². The zero-order valence-electron chi connectivity index (χ0n) is 11.6. The monoisotopic (exact) mass is 266 g/mol. The van der Waals surface area contributed by atoms with Gasteiger partial charge < -0.3 is 5.11 Å². The average molecular weight is 266 g/mol. The van der Waals surface area contributed by atoms with E-state index in [0.717, 1.165) is 5.92 Å². The van der Waals surface area contributed by atoms with Crippen LogP contribution in [0.25, 0.3) is 0 Å². The largest absolute Gasteiger partial charge is 0.392 e. The molecule has 1 saturated carbocycles. The molecule has 2 aliphatic rings. The molecule has 0 saturated heterocycles. The van der Waals surface area contributed by atoms with Crippen LogP contribution < -0.4 is 0 Å². The van der Waals surface area contributed by atoms with Gasteiger partial charge in [-0.2, -0.15) is 0 Å². The lowest BCUT2D eigenvalue weighted by Gasteiger charge is -2.43. The van der Waals surface area contributed by atoms with Crippen LogP contribution in [-0.4, -0.2) is 16.6 Å². The molecule has 0 aliphatic heterocycles. The molecular weight excluding hydrogens is 240 g/mol. The first-order valence-corrected chi connectivity index (χ1v) is 7.89. The minimum Gasteiger partial charge on any atom is -0.392 e. The number of rotatable bonds is 4. The van der Waals surface area contributed by atoms with Gasteiger partial charge in [-0.1, -0.05) is 37.2 Å². The van der Waals surface area contributed by atoms with Crippen molar-refractivity contribution in [2.75, 3.05) is 0 Å². The van der Waals surface area contributed by atoms with E-state index in [2.05, 4.69) is 19.9 Å². The van der Waals surface area contributed by atoms with E-state index in [1.807, 2.05) is 0 Å². The fourth-order valence-corrected chi connectivity index (χ4v) is 4.18. The second kappa shape index (κ2) is 6.29. The summed E-state index contributed by atoms with van der Waals surface area (Å²) < 4.78 is 0. The van der Waals surface area contributed by atoms with Gasteiger partial charge in [0.2, 0.25) is 0 Å². The van der Waals surface area contributed by atoms with E-state index in [9.17, 15) is 5.11 Å². The highest BCUT2D eigenvalue weighted by Crippen LogP contribution is 2.46. The van der Waals surface area contributed by atoms with Gasteiger partial charge in [-0.25, -0.2) is 0 Å². The summed E-state index contributed by atoms with van der Waals surface area (Å²) in [7, 11) is 0. The fraction of sp³-hybridized carbons (Fsp3) is 0.812. The number of fused-ring (bicyclic) bond motifs is 1. The van der Waals surface area contributed by atoms with Crippen LogP contribution >= 0.6 is 12.2 Å². The van der Waals surface area contributed by atoms with E-state index in [4.69, 9.17) is 12.2 Å². The third-order valence-corrected chi connectivity index (χ3v) is 5.35. The molecule has 5 unspecified atom stereocenters. The maximum atomic E-state index is 10.2. The second-order valence-electron chi connectivity index (χ2n) is 6.31. The first kappa shape index (κ1) is 14.2. The number of aliphatic hydroxyl groups is 1. The molecule has 0 amide bonds. The summed E-state index contributed by atoms with van der Waals surface area (Å²) in [6.45, 7) is 4.48. The van der Waals surface area contributed by atoms with E-state index >= 15 is 0 Å². The van der Waals surface area contributed by atoms with Gasteiger partial charge in [-0.15, -0.1) is 0 Å². The van der Waals surface area contributed by atoms with Crippen molar-refractivity contribution in [2.45, 2.75) is 58.5 Å². The predicted octanol–water partition coefficient (Wildman–Crippen LogP) is 4.15. The second-order valence-corrected chi connectivity index (χ2v) is 6.65. The predicted molar refractivity (Wildman–Crippen MR) is 80.8 cm³/mol. The number of hydrogen-bond acceptors (Lipinski definition) is 2. The van der Waals surface area contributed by atoms with E-state index in [1.165, 1.54) is 32.1 Å². The molecule has 1 nitrogen and oxygen atoms in total. The third kappa shape index (κ3) is 3.03. The zero-order chi connectivity index (χ0) is 13.1. The van der Waals surface area contributed by atoms with Crippen LogP contribution in [0.4, 0.5) is 0 Å². The van der Waals surface area contributed by atoms with Crippen molar-refractivity contribution in [2.24, 2.45) is 23.7 Å². The highest BCUT2D eigenvalue weighted by atomic mass is 32.1. The smallest absolute Gasteiger partial charge is 0.0611 e. The van der Waals surface area contributed by atoms with E-state index in [1.54, 1.807) is 10.9 Å². The first-order valence-electron chi connectivity index (χ1n) is 7.42. The molecular formula is C16H26OS. The molecule has 18 heavy (non-hydrogen) atoms. The molecule has 0 heterocycles. The lowest BCUT2D eigenvalue weighted by molar-refractivity contribution is 0.0383. The van der Waals surface area contributed by atoms with E-state index in [0.29, 0.717) is 24.2 Å². The standard InChI is InChI=1S/C16H26OS/c1-11-6-7-13-4-3-5-14(15(13)10-11)12(2)16(17)8-9-18/h9-10,12-17H,3-8H2,1-2H3. The fourth-order valence-electron chi connectivity index (χ4n) is 3.98. The van der Waals surface area contributed by atoms with Gasteiger partial charge in [-0.05, 0) is 61.6 Å². The van der Waals surface area contributed by atoms with Gasteiger partial charge >= 0.3 is 0 Å². The van der Waals surface area contributed by atoms with Crippen LogP contribution in [0.2, 0.25) is 0 Å². The number of aliphatic hydroxyl groups excluding tert-OH is 1. The molecule has 0 aromatic carbocycles. The van der Waals surface area contributed by atoms with Gasteiger partial charge in [0.05, 0.1) is 6.10 Å². The SMILES string of the molecule is CC1=CC2C(CCCC2C(C)C(O)CC=S)CC1. The van der Waals surface area contributed by atoms with E-state index < -0.39 is 0 Å². The lowest BCUT2D eigenvalue weighted by atomic mass is 9.62. The number of allylic oxidation sites excluding steroid dienone is 2. The molecule has 0 bridgehead atoms. The molecule has 0 aromatic rings. The summed E-state index contributed by atoms with van der Waals surface area (Å²) in [6.07, 6.45) is 9.58. The van der Waals surface area contributed by atoms with Crippen LogP contribution in [0.3, 0.4) is 0 Å². The molecule has 102 valence electrons. The molecule has 0 spiro atoms. The molecule has 0 radical (unpaired) electrons. The minimum absolute atomic E-state index is 0.248. The Bertz CT molecular complexity index is 323. The number of thiocarbonyl (C=S) groups is 1. The lowest BCUT2D eigenvalue weighted by Crippen LogP contribution is -2.37. The van der Waals surface area contributed by atoms with Gasteiger partial charge in [-0.3, -0.25) is 0 Å². The summed E-state index contributed by atoms with van der Waals surface area (Å²) >= 11 is 4.89. The Kier molecular flexibility index (Phi) is 4.97. The van der Waals surface area contributed by atoms with Crippen molar-refractivity contribution < 1.29 is 5.11 Å². The highest BCUT2D eigenvalue weighted by Gasteiger charge is 2.38. The molecule has 2 heteroatoms. The number of hydrogen-bond donors (Lipinski definition) is 1. The first-order chi connectivity index (χ1) is 8.63. The normalized spacial score (nSPS) is 35.3. The van der Waals surface area contributed by atoms with Gasteiger partial charge in [0.1, 0.15) is 0 Å². The van der Waals surface area contributed by atoms with Crippen molar-refractivity contribution in [3.8, 4) is 0 Å². The van der Waals surface area contributed by atoms with Crippen molar-refractivity contribution in [3.63, 3.8) is 0 Å². The van der Waals surface area contributed by atoms with Crippen molar-refractivity contribution in [1.29, 1.82) is 0 Å². The summed E-state index contributed by atoms with van der Waals surface area (Å²) in [5.41, 5.74) is 1.56. The Morgan fingerprint density at radius 2 is 2.22 bits per heavy atom. The van der Waals surface area contributed by atoms with Crippen LogP contribution in [-0.2, 0) is 0 Å². The topological polar surface area (TPSA) is 20.2 Å². The van der Waals surface area contributed by atoms with Crippen LogP contribution in [0.5, 0.6) is 0 Å². The molecule has 0 aromatic heterocycles. The average Bonchev–Trinajstić information content (AvgIpc) is 2.37. The van der Waals surface area contributed by atoms with Crippen LogP contribution in [0.15, 0.2) is 11.6 Å². The highest BCUT2D eigenvalue weighted by molar-refractivity contribution is 7.78. The summed E-state index contributed by atoms with van der Waals surface area (Å²) in [5, 5.41) is 11.9. The van der Waals surface area contributed by atoms with Crippen molar-refractivity contribution in [3.05, 3.63) is 11.6 Å². The Balaban J connectivity index is 2.10. The Hall–Kier alpha value is -0.210. The maximum absolute atomic E-state index is 10.2. The molecule has 5 atom stereocenters. The molecule has 2 aliphatic carbocycles. The molecule has 1 fully saturated rings. The quantitative estimate of drug-likeness (QED) is 0.609. The Labute approximate surface area is 117 Å².